The highest BCUT2D eigenvalue weighted by Gasteiger charge is 2.46. The number of benzene rings is 2. The van der Waals surface area contributed by atoms with Crippen LogP contribution in [0.25, 0.3) is 39.1 Å². The van der Waals surface area contributed by atoms with Crippen LogP contribution in [-0.2, 0) is 16.6 Å². The van der Waals surface area contributed by atoms with Crippen LogP contribution in [0.5, 0.6) is 0 Å². The molecule has 2 aliphatic rings. The number of nitroso groups, excluding NO2 is 1. The summed E-state index contributed by atoms with van der Waals surface area (Å²) < 4.78 is 7.01. The first-order chi connectivity index (χ1) is 24.1. The van der Waals surface area contributed by atoms with E-state index in [1.54, 1.807) is 42.3 Å². The molecule has 0 saturated carbocycles. The van der Waals surface area contributed by atoms with Gasteiger partial charge in [0, 0.05) is 69.1 Å². The summed E-state index contributed by atoms with van der Waals surface area (Å²) in [6.45, 7) is 3.40. The molecule has 0 spiro atoms. The van der Waals surface area contributed by atoms with Crippen molar-refractivity contribution in [3.8, 4) is 22.6 Å². The van der Waals surface area contributed by atoms with E-state index in [0.717, 1.165) is 39.0 Å². The number of aromatic nitrogens is 6. The first kappa shape index (κ1) is 34.3. The number of ether oxygens (including phenoxy) is 1. The van der Waals surface area contributed by atoms with Crippen molar-refractivity contribution in [3.05, 3.63) is 93.5 Å². The summed E-state index contributed by atoms with van der Waals surface area (Å²) >= 11 is 0. The summed E-state index contributed by atoms with van der Waals surface area (Å²) in [4.78, 5) is 43.9. The van der Waals surface area contributed by atoms with Crippen LogP contribution in [0.4, 0.5) is 5.69 Å². The lowest BCUT2D eigenvalue weighted by Crippen LogP contribution is -2.60. The third kappa shape index (κ3) is 7.23. The Morgan fingerprint density at radius 2 is 1.84 bits per heavy atom. The van der Waals surface area contributed by atoms with E-state index in [9.17, 15) is 24.7 Å². The third-order valence-electron chi connectivity index (χ3n) is 8.99. The van der Waals surface area contributed by atoms with E-state index in [2.05, 4.69) is 36.0 Å². The van der Waals surface area contributed by atoms with Gasteiger partial charge in [-0.15, -0.1) is 4.91 Å². The van der Waals surface area contributed by atoms with E-state index < -0.39 is 11.8 Å². The fourth-order valence-electron chi connectivity index (χ4n) is 6.00. The molecule has 1 amide bonds. The number of hydrogen-bond acceptors (Lipinski definition) is 11. The highest BCUT2D eigenvalue weighted by molar-refractivity contribution is 5.94. The van der Waals surface area contributed by atoms with E-state index in [1.165, 1.54) is 15.9 Å². The molecule has 16 nitrogen and oxygen atoms in total. The molecule has 2 aromatic carbocycles. The molecule has 3 aromatic heterocycles. The zero-order valence-corrected chi connectivity index (χ0v) is 27.8. The Hall–Kier alpha value is -5.55. The Morgan fingerprint density at radius 3 is 2.46 bits per heavy atom. The van der Waals surface area contributed by atoms with Crippen LogP contribution in [0.1, 0.15) is 24.2 Å². The van der Waals surface area contributed by atoms with Crippen LogP contribution in [0, 0.1) is 11.8 Å². The van der Waals surface area contributed by atoms with E-state index in [0.29, 0.717) is 56.2 Å². The SMILES string of the molecule is CO[C@H]1CCN(C(O)(O)C(=O)N2CC=C(c3ccc(-c4nc(C)n(C)n4)cc3)CC2)C1.O=NNc1ccc2[nH]nc(-c3ccc(=O)[nH]c3)c2c1. The number of anilines is 1. The molecule has 50 heavy (non-hydrogen) atoms. The van der Waals surface area contributed by atoms with Crippen molar-refractivity contribution in [1.29, 1.82) is 0 Å². The number of hydrogen-bond donors (Lipinski definition) is 5. The van der Waals surface area contributed by atoms with Crippen molar-refractivity contribution < 1.29 is 19.7 Å². The average molecular weight is 683 g/mol. The van der Waals surface area contributed by atoms with Crippen LogP contribution < -0.4 is 11.0 Å². The number of H-pyrrole nitrogens is 2. The number of rotatable bonds is 8. The molecule has 0 aliphatic carbocycles. The highest BCUT2D eigenvalue weighted by Crippen LogP contribution is 2.29. The summed E-state index contributed by atoms with van der Waals surface area (Å²) in [7, 11) is 3.46. The van der Waals surface area contributed by atoms with Gasteiger partial charge in [-0.05, 0) is 55.2 Å². The minimum Gasteiger partial charge on any atom is -0.380 e. The molecule has 5 aromatic rings. The average Bonchev–Trinajstić information content (AvgIpc) is 3.88. The van der Waals surface area contributed by atoms with Gasteiger partial charge in [-0.2, -0.15) is 10.2 Å². The van der Waals surface area contributed by atoms with Gasteiger partial charge >= 0.3 is 5.91 Å². The van der Waals surface area contributed by atoms with Crippen molar-refractivity contribution in [2.24, 2.45) is 12.3 Å². The lowest BCUT2D eigenvalue weighted by Gasteiger charge is -2.36. The number of carbonyl (C=O) groups is 1. The number of aliphatic hydroxyl groups is 2. The van der Waals surface area contributed by atoms with Crippen LogP contribution >= 0.6 is 0 Å². The van der Waals surface area contributed by atoms with E-state index in [1.807, 2.05) is 44.3 Å². The Kier molecular flexibility index (Phi) is 9.96. The number of fused-ring (bicyclic) bond motifs is 1. The summed E-state index contributed by atoms with van der Waals surface area (Å²) in [5.74, 6) is -1.64. The first-order valence-electron chi connectivity index (χ1n) is 16.0. The molecule has 5 N–H and O–H groups in total. The van der Waals surface area contributed by atoms with Gasteiger partial charge in [0.1, 0.15) is 11.5 Å². The Balaban J connectivity index is 0.000000194. The number of nitrogens with one attached hydrogen (secondary N) is 3. The predicted octanol–water partition coefficient (Wildman–Crippen LogP) is 2.78. The van der Waals surface area contributed by atoms with Crippen molar-refractivity contribution >= 4 is 28.1 Å². The molecule has 0 radical (unpaired) electrons. The van der Waals surface area contributed by atoms with Gasteiger partial charge in [0.2, 0.25) is 5.56 Å². The summed E-state index contributed by atoms with van der Waals surface area (Å²) in [5, 5.41) is 36.0. The fourth-order valence-corrected chi connectivity index (χ4v) is 6.00. The molecule has 260 valence electrons. The molecular weight excluding hydrogens is 644 g/mol. The number of aryl methyl sites for hydroxylation is 2. The molecule has 5 heterocycles. The number of likely N-dealkylation sites (tertiary alicyclic amines) is 1. The number of amides is 1. The molecule has 0 unspecified atom stereocenters. The van der Waals surface area contributed by atoms with Gasteiger partial charge in [0.15, 0.2) is 5.82 Å². The maximum absolute atomic E-state index is 12.8. The van der Waals surface area contributed by atoms with Crippen LogP contribution in [0.2, 0.25) is 0 Å². The second-order valence-electron chi connectivity index (χ2n) is 12.1. The monoisotopic (exact) mass is 682 g/mol. The molecule has 1 saturated heterocycles. The van der Waals surface area contributed by atoms with E-state index in [-0.39, 0.29) is 11.7 Å². The molecule has 0 bridgehead atoms. The minimum atomic E-state index is -2.51. The van der Waals surface area contributed by atoms with Crippen molar-refractivity contribution in [1.82, 2.24) is 39.7 Å². The maximum Gasteiger partial charge on any atom is 0.309 e. The largest absolute Gasteiger partial charge is 0.380 e. The van der Waals surface area contributed by atoms with E-state index in [4.69, 9.17) is 4.74 Å². The lowest BCUT2D eigenvalue weighted by molar-refractivity contribution is -0.254. The molecular formula is C34H38N10O6. The summed E-state index contributed by atoms with van der Waals surface area (Å²) in [6.07, 6.45) is 4.78. The standard InChI is InChI=1S/C22H29N5O4.C12H9N5O2/c1-15-23-20(24-25(15)2)18-6-4-16(5-7-18)17-8-11-26(12-9-17)21(28)22(29,30)27-13-10-19(14-27)31-3;18-11-4-1-7(6-13-11)12-9-5-8(14-17-19)2-3-10(9)15-16-12/h4-8,19,29-30H,9-14H2,1-3H3;1-6H,(H,13,18)(H,14,19)(H,15,16)/t19-;/m0./s1. The number of methoxy groups -OCH3 is 1. The fraction of sp³-hybridized carbons (Fsp3) is 0.324. The van der Waals surface area contributed by atoms with Gasteiger partial charge in [0.05, 0.1) is 22.6 Å². The Bertz CT molecular complexity index is 2040. The minimum absolute atomic E-state index is 0.0903. The number of nitrogens with zero attached hydrogens (tertiary/aromatic N) is 7. The normalized spacial score (nSPS) is 16.5. The predicted molar refractivity (Wildman–Crippen MR) is 186 cm³/mol. The van der Waals surface area contributed by atoms with Gasteiger partial charge in [-0.25, -0.2) is 15.3 Å². The highest BCUT2D eigenvalue weighted by atomic mass is 16.5. The second-order valence-corrected chi connectivity index (χ2v) is 12.1. The zero-order chi connectivity index (χ0) is 35.4. The van der Waals surface area contributed by atoms with Crippen LogP contribution in [0.3, 0.4) is 0 Å². The number of carbonyl (C=O) groups excluding carboxylic acids is 1. The maximum atomic E-state index is 12.8. The van der Waals surface area contributed by atoms with Gasteiger partial charge < -0.3 is 24.8 Å². The molecule has 7 rings (SSSR count). The second kappa shape index (κ2) is 14.5. The molecule has 2 aliphatic heterocycles. The van der Waals surface area contributed by atoms with Crippen LogP contribution in [-0.4, -0.2) is 101 Å². The van der Waals surface area contributed by atoms with Crippen molar-refractivity contribution in [3.63, 3.8) is 0 Å². The van der Waals surface area contributed by atoms with Gasteiger partial charge in [-0.1, -0.05) is 30.3 Å². The van der Waals surface area contributed by atoms with E-state index >= 15 is 0 Å². The van der Waals surface area contributed by atoms with Crippen LogP contribution in [0.15, 0.2) is 77.0 Å². The topological polar surface area (TPSA) is 207 Å². The summed E-state index contributed by atoms with van der Waals surface area (Å²) in [6, 6.07) is 16.5. The Labute approximate surface area is 286 Å². The summed E-state index contributed by atoms with van der Waals surface area (Å²) in [5.41, 5.74) is 8.21. The smallest absolute Gasteiger partial charge is 0.309 e. The zero-order valence-electron chi connectivity index (χ0n) is 27.8. The molecule has 1 atom stereocenters. The van der Waals surface area contributed by atoms with Gasteiger partial charge in [0.25, 0.3) is 5.91 Å². The van der Waals surface area contributed by atoms with Crippen molar-refractivity contribution in [2.75, 3.05) is 38.7 Å². The number of aromatic amines is 2. The van der Waals surface area contributed by atoms with Crippen molar-refractivity contribution in [2.45, 2.75) is 31.8 Å². The third-order valence-corrected chi connectivity index (χ3v) is 8.99. The van der Waals surface area contributed by atoms with Gasteiger partial charge in [-0.3, -0.25) is 19.4 Å². The first-order valence-corrected chi connectivity index (χ1v) is 16.0. The Morgan fingerprint density at radius 1 is 1.08 bits per heavy atom. The number of pyridine rings is 1. The quantitative estimate of drug-likeness (QED) is 0.0914. The molecule has 16 heteroatoms. The molecule has 1 fully saturated rings. The lowest BCUT2D eigenvalue weighted by atomic mass is 9.98.